The number of hydrogen-bond donors (Lipinski definition) is 0. The molecule has 0 aliphatic rings. The molecular weight excluding hydrogens is 263 g/mol. The van der Waals surface area contributed by atoms with Crippen molar-refractivity contribution in [3.8, 4) is 12.3 Å². The smallest absolute Gasteiger partial charge is 0.258 e. The van der Waals surface area contributed by atoms with Gasteiger partial charge < -0.3 is 0 Å². The second-order valence-corrected chi connectivity index (χ2v) is 5.38. The third-order valence-corrected chi connectivity index (χ3v) is 3.94. The van der Waals surface area contributed by atoms with Gasteiger partial charge in [0.2, 0.25) is 15.8 Å². The highest BCUT2D eigenvalue weighted by atomic mass is 32.2. The van der Waals surface area contributed by atoms with E-state index in [0.29, 0.717) is 6.07 Å². The van der Waals surface area contributed by atoms with Gasteiger partial charge in [0.05, 0.1) is 16.4 Å². The van der Waals surface area contributed by atoms with Gasteiger partial charge in [-0.25, -0.2) is 8.42 Å². The average Bonchev–Trinajstić information content (AvgIpc) is 2.28. The van der Waals surface area contributed by atoms with Crippen molar-refractivity contribution < 1.29 is 17.7 Å². The summed E-state index contributed by atoms with van der Waals surface area (Å²) in [7, 11) is -2.71. The number of sulfonamides is 1. The van der Waals surface area contributed by atoms with Crippen LogP contribution in [0.5, 0.6) is 0 Å². The van der Waals surface area contributed by atoms with Gasteiger partial charge in [-0.1, -0.05) is 5.92 Å². The first-order chi connectivity index (χ1) is 8.30. The lowest BCUT2D eigenvalue weighted by atomic mass is 10.3. The van der Waals surface area contributed by atoms with Gasteiger partial charge in [-0.2, -0.15) is 8.70 Å². The summed E-state index contributed by atoms with van der Waals surface area (Å²) < 4.78 is 37.9. The summed E-state index contributed by atoms with van der Waals surface area (Å²) in [6, 6.07) is 2.36. The van der Waals surface area contributed by atoms with Crippen LogP contribution in [0.1, 0.15) is 0 Å². The van der Waals surface area contributed by atoms with Crippen LogP contribution in [0.4, 0.5) is 10.1 Å². The summed E-state index contributed by atoms with van der Waals surface area (Å²) in [5.41, 5.74) is -0.784. The SMILES string of the molecule is C#CCN(C)S(=O)(=O)c1ccc([N+](=O)[O-])c(F)c1. The van der Waals surface area contributed by atoms with E-state index in [4.69, 9.17) is 6.42 Å². The van der Waals surface area contributed by atoms with E-state index < -0.39 is 26.5 Å². The molecule has 0 atom stereocenters. The molecule has 0 saturated heterocycles. The summed E-state index contributed by atoms with van der Waals surface area (Å²) in [4.78, 5) is 9.08. The molecule has 0 aromatic heterocycles. The van der Waals surface area contributed by atoms with Gasteiger partial charge in [0.1, 0.15) is 0 Å². The van der Waals surface area contributed by atoms with Crippen molar-refractivity contribution in [2.75, 3.05) is 13.6 Å². The molecule has 0 N–H and O–H groups in total. The molecule has 0 fully saturated rings. The minimum atomic E-state index is -3.94. The lowest BCUT2D eigenvalue weighted by molar-refractivity contribution is -0.387. The van der Waals surface area contributed by atoms with Crippen molar-refractivity contribution in [2.24, 2.45) is 0 Å². The van der Waals surface area contributed by atoms with Gasteiger partial charge in [-0.3, -0.25) is 10.1 Å². The Morgan fingerprint density at radius 1 is 1.56 bits per heavy atom. The molecule has 0 heterocycles. The molecular formula is C10H9FN2O4S. The first-order valence-electron chi connectivity index (χ1n) is 4.64. The van der Waals surface area contributed by atoms with E-state index in [9.17, 15) is 22.9 Å². The van der Waals surface area contributed by atoms with Crippen LogP contribution in [0.25, 0.3) is 0 Å². The Labute approximate surface area is 103 Å². The predicted molar refractivity (Wildman–Crippen MR) is 61.7 cm³/mol. The zero-order valence-electron chi connectivity index (χ0n) is 9.33. The van der Waals surface area contributed by atoms with Crippen LogP contribution in [0.3, 0.4) is 0 Å². The maximum atomic E-state index is 13.3. The lowest BCUT2D eigenvalue weighted by Gasteiger charge is -2.13. The fraction of sp³-hybridized carbons (Fsp3) is 0.200. The van der Waals surface area contributed by atoms with Crippen LogP contribution in [0.15, 0.2) is 23.1 Å². The number of nitro benzene ring substituents is 1. The van der Waals surface area contributed by atoms with Crippen molar-refractivity contribution in [2.45, 2.75) is 4.90 Å². The highest BCUT2D eigenvalue weighted by Crippen LogP contribution is 2.22. The number of halogens is 1. The monoisotopic (exact) mass is 272 g/mol. The first-order valence-corrected chi connectivity index (χ1v) is 6.08. The van der Waals surface area contributed by atoms with E-state index in [-0.39, 0.29) is 11.4 Å². The predicted octanol–water partition coefficient (Wildman–Crippen LogP) is 0.988. The Kier molecular flexibility index (Phi) is 4.00. The first kappa shape index (κ1) is 14.1. The molecule has 0 aliphatic carbocycles. The topological polar surface area (TPSA) is 80.5 Å². The normalized spacial score (nSPS) is 11.2. The molecule has 0 amide bonds. The Morgan fingerprint density at radius 2 is 2.17 bits per heavy atom. The molecule has 1 rings (SSSR count). The number of nitro groups is 1. The Bertz CT molecular complexity index is 621. The molecule has 0 aliphatic heterocycles. The Morgan fingerprint density at radius 3 is 2.61 bits per heavy atom. The molecule has 0 unspecified atom stereocenters. The molecule has 0 saturated carbocycles. The fourth-order valence-corrected chi connectivity index (χ4v) is 2.29. The average molecular weight is 272 g/mol. The molecule has 0 spiro atoms. The summed E-state index contributed by atoms with van der Waals surface area (Å²) in [6.07, 6.45) is 4.98. The highest BCUT2D eigenvalue weighted by Gasteiger charge is 2.23. The molecule has 1 aromatic carbocycles. The van der Waals surface area contributed by atoms with Crippen molar-refractivity contribution in [3.05, 3.63) is 34.1 Å². The quantitative estimate of drug-likeness (QED) is 0.465. The van der Waals surface area contributed by atoms with E-state index in [2.05, 4.69) is 5.92 Å². The maximum Gasteiger partial charge on any atom is 0.304 e. The second-order valence-electron chi connectivity index (χ2n) is 3.34. The third kappa shape index (κ3) is 2.64. The van der Waals surface area contributed by atoms with E-state index in [1.54, 1.807) is 0 Å². The van der Waals surface area contributed by atoms with E-state index in [1.807, 2.05) is 0 Å². The van der Waals surface area contributed by atoms with E-state index in [1.165, 1.54) is 7.05 Å². The van der Waals surface area contributed by atoms with E-state index in [0.717, 1.165) is 16.4 Å². The highest BCUT2D eigenvalue weighted by molar-refractivity contribution is 7.89. The molecule has 8 heteroatoms. The second kappa shape index (κ2) is 5.12. The van der Waals surface area contributed by atoms with Crippen LogP contribution in [-0.4, -0.2) is 31.2 Å². The molecule has 0 bridgehead atoms. The largest absolute Gasteiger partial charge is 0.304 e. The zero-order valence-corrected chi connectivity index (χ0v) is 10.1. The fourth-order valence-electron chi connectivity index (χ4n) is 1.19. The number of hydrogen-bond acceptors (Lipinski definition) is 4. The maximum absolute atomic E-state index is 13.3. The van der Waals surface area contributed by atoms with Crippen molar-refractivity contribution >= 4 is 15.7 Å². The van der Waals surface area contributed by atoms with Gasteiger partial charge in [-0.05, 0) is 6.07 Å². The van der Waals surface area contributed by atoms with Crippen LogP contribution in [0, 0.1) is 28.3 Å². The van der Waals surface area contributed by atoms with Crippen LogP contribution in [0.2, 0.25) is 0 Å². The summed E-state index contributed by atoms with van der Waals surface area (Å²) in [5.74, 6) is 0.920. The number of benzene rings is 1. The zero-order chi connectivity index (χ0) is 13.9. The van der Waals surface area contributed by atoms with Crippen molar-refractivity contribution in [1.29, 1.82) is 0 Å². The van der Waals surface area contributed by atoms with Gasteiger partial charge in [0.15, 0.2) is 0 Å². The molecule has 96 valence electrons. The molecule has 18 heavy (non-hydrogen) atoms. The van der Waals surface area contributed by atoms with E-state index >= 15 is 0 Å². The Balaban J connectivity index is 3.24. The van der Waals surface area contributed by atoms with Crippen molar-refractivity contribution in [3.63, 3.8) is 0 Å². The Hall–Kier alpha value is -1.98. The minimum absolute atomic E-state index is 0.180. The van der Waals surface area contributed by atoms with Crippen LogP contribution in [-0.2, 0) is 10.0 Å². The van der Waals surface area contributed by atoms with Crippen molar-refractivity contribution in [1.82, 2.24) is 4.31 Å². The number of rotatable bonds is 4. The van der Waals surface area contributed by atoms with Gasteiger partial charge in [0, 0.05) is 19.2 Å². The summed E-state index contributed by atoms with van der Waals surface area (Å²) >= 11 is 0. The number of terminal acetylenes is 1. The standard InChI is InChI=1S/C10H9FN2O4S/c1-3-6-12(2)18(16,17)8-4-5-10(13(14)15)9(11)7-8/h1,4-5,7H,6H2,2H3. The number of nitrogens with zero attached hydrogens (tertiary/aromatic N) is 2. The minimum Gasteiger partial charge on any atom is -0.258 e. The summed E-state index contributed by atoms with van der Waals surface area (Å²) in [5, 5.41) is 10.4. The lowest BCUT2D eigenvalue weighted by Crippen LogP contribution is -2.27. The third-order valence-electron chi connectivity index (χ3n) is 2.14. The van der Waals surface area contributed by atoms with Crippen LogP contribution < -0.4 is 0 Å². The van der Waals surface area contributed by atoms with Gasteiger partial charge in [-0.15, -0.1) is 6.42 Å². The summed E-state index contributed by atoms with van der Waals surface area (Å²) in [6.45, 7) is -0.180. The molecule has 1 aromatic rings. The molecule has 0 radical (unpaired) electrons. The molecule has 6 nitrogen and oxygen atoms in total. The van der Waals surface area contributed by atoms with Crippen LogP contribution >= 0.6 is 0 Å². The van der Waals surface area contributed by atoms with Gasteiger partial charge >= 0.3 is 5.69 Å². The van der Waals surface area contributed by atoms with Gasteiger partial charge in [0.25, 0.3) is 0 Å².